The summed E-state index contributed by atoms with van der Waals surface area (Å²) in [6, 6.07) is 6.67. The number of hydrogen-bond donors (Lipinski definition) is 1. The lowest BCUT2D eigenvalue weighted by Gasteiger charge is -2.33. The lowest BCUT2D eigenvalue weighted by molar-refractivity contribution is -0.384. The van der Waals surface area contributed by atoms with Gasteiger partial charge in [-0.3, -0.25) is 14.9 Å². The highest BCUT2D eigenvalue weighted by molar-refractivity contribution is 5.78. The van der Waals surface area contributed by atoms with E-state index in [2.05, 4.69) is 0 Å². The minimum atomic E-state index is -0.441. The quantitative estimate of drug-likeness (QED) is 0.677. The minimum Gasteiger partial charge on any atom is -0.342 e. The third kappa shape index (κ3) is 4.01. The maximum Gasteiger partial charge on any atom is 0.269 e. The number of likely N-dealkylation sites (N-methyl/N-ethyl adjacent to an activating group) is 1. The topological polar surface area (TPSA) is 89.5 Å². The van der Waals surface area contributed by atoms with Gasteiger partial charge in [-0.15, -0.1) is 0 Å². The number of carbonyl (C=O) groups excluding carboxylic acids is 1. The molecule has 0 heterocycles. The number of hydrogen-bond acceptors (Lipinski definition) is 4. The third-order valence-corrected chi connectivity index (χ3v) is 4.18. The summed E-state index contributed by atoms with van der Waals surface area (Å²) in [5, 5.41) is 10.6. The Morgan fingerprint density at radius 1 is 1.29 bits per heavy atom. The normalized spacial score (nSPS) is 21.8. The van der Waals surface area contributed by atoms with E-state index >= 15 is 0 Å². The fourth-order valence-corrected chi connectivity index (χ4v) is 2.73. The van der Waals surface area contributed by atoms with Gasteiger partial charge in [-0.05, 0) is 31.2 Å². The molecule has 2 rings (SSSR count). The van der Waals surface area contributed by atoms with Gasteiger partial charge in [0.25, 0.3) is 5.69 Å². The van der Waals surface area contributed by atoms with Crippen molar-refractivity contribution in [2.45, 2.75) is 44.2 Å². The van der Waals surface area contributed by atoms with E-state index in [0.29, 0.717) is 0 Å². The first-order chi connectivity index (χ1) is 9.97. The predicted octanol–water partition coefficient (Wildman–Crippen LogP) is 1.87. The van der Waals surface area contributed by atoms with Crippen molar-refractivity contribution < 1.29 is 9.72 Å². The molecule has 0 atom stereocenters. The number of benzene rings is 1. The maximum absolute atomic E-state index is 12.3. The number of non-ortho nitro benzene ring substituents is 1. The van der Waals surface area contributed by atoms with Crippen LogP contribution in [-0.2, 0) is 11.2 Å². The van der Waals surface area contributed by atoms with E-state index in [1.165, 1.54) is 12.1 Å². The second kappa shape index (κ2) is 6.67. The van der Waals surface area contributed by atoms with Gasteiger partial charge < -0.3 is 10.6 Å². The summed E-state index contributed by atoms with van der Waals surface area (Å²) in [6.07, 6.45) is 4.09. The lowest BCUT2D eigenvalue weighted by Crippen LogP contribution is -2.42. The molecule has 0 aliphatic heterocycles. The first-order valence-corrected chi connectivity index (χ1v) is 7.22. The van der Waals surface area contributed by atoms with Gasteiger partial charge in [-0.1, -0.05) is 12.1 Å². The molecule has 1 aliphatic carbocycles. The SMILES string of the molecule is CN(C(=O)Cc1ccc([N+](=O)[O-])cc1)C1CCC(N)CC1. The Labute approximate surface area is 124 Å². The summed E-state index contributed by atoms with van der Waals surface area (Å²) in [5.41, 5.74) is 6.72. The maximum atomic E-state index is 12.3. The summed E-state index contributed by atoms with van der Waals surface area (Å²) in [7, 11) is 1.83. The van der Waals surface area contributed by atoms with E-state index < -0.39 is 4.92 Å². The smallest absolute Gasteiger partial charge is 0.269 e. The molecule has 1 amide bonds. The standard InChI is InChI=1S/C15H21N3O3/c1-17(13-8-4-12(16)5-9-13)15(19)10-11-2-6-14(7-3-11)18(20)21/h2-3,6-7,12-13H,4-5,8-10,16H2,1H3. The molecule has 0 bridgehead atoms. The zero-order chi connectivity index (χ0) is 15.4. The molecule has 0 saturated heterocycles. The number of amides is 1. The van der Waals surface area contributed by atoms with Crippen molar-refractivity contribution in [3.8, 4) is 0 Å². The summed E-state index contributed by atoms with van der Waals surface area (Å²) in [5.74, 6) is 0.0457. The molecule has 1 aromatic carbocycles. The molecule has 6 nitrogen and oxygen atoms in total. The molecule has 0 spiro atoms. The van der Waals surface area contributed by atoms with Gasteiger partial charge in [0.05, 0.1) is 11.3 Å². The Kier molecular flexibility index (Phi) is 4.90. The van der Waals surface area contributed by atoms with Crippen molar-refractivity contribution >= 4 is 11.6 Å². The number of nitro groups is 1. The van der Waals surface area contributed by atoms with Crippen LogP contribution in [0, 0.1) is 10.1 Å². The Bertz CT molecular complexity index is 507. The van der Waals surface area contributed by atoms with Gasteiger partial charge in [0.1, 0.15) is 0 Å². The van der Waals surface area contributed by atoms with Crippen molar-refractivity contribution in [1.82, 2.24) is 4.90 Å². The van der Waals surface area contributed by atoms with Gasteiger partial charge in [-0.2, -0.15) is 0 Å². The molecule has 1 saturated carbocycles. The van der Waals surface area contributed by atoms with E-state index in [-0.39, 0.29) is 30.1 Å². The molecule has 114 valence electrons. The van der Waals surface area contributed by atoms with Crippen LogP contribution < -0.4 is 5.73 Å². The molecule has 0 unspecified atom stereocenters. The Hall–Kier alpha value is -1.95. The van der Waals surface area contributed by atoms with Crippen molar-refractivity contribution in [1.29, 1.82) is 0 Å². The highest BCUT2D eigenvalue weighted by Crippen LogP contribution is 2.22. The monoisotopic (exact) mass is 291 g/mol. The van der Waals surface area contributed by atoms with E-state index in [9.17, 15) is 14.9 Å². The minimum absolute atomic E-state index is 0.0424. The third-order valence-electron chi connectivity index (χ3n) is 4.18. The summed E-state index contributed by atoms with van der Waals surface area (Å²) < 4.78 is 0. The van der Waals surface area contributed by atoms with Crippen LogP contribution in [0.25, 0.3) is 0 Å². The lowest BCUT2D eigenvalue weighted by atomic mass is 9.91. The zero-order valence-corrected chi connectivity index (χ0v) is 12.2. The first-order valence-electron chi connectivity index (χ1n) is 7.22. The highest BCUT2D eigenvalue weighted by atomic mass is 16.6. The van der Waals surface area contributed by atoms with E-state index in [1.54, 1.807) is 17.0 Å². The van der Waals surface area contributed by atoms with Gasteiger partial charge in [0.2, 0.25) is 5.91 Å². The molecule has 21 heavy (non-hydrogen) atoms. The van der Waals surface area contributed by atoms with Crippen LogP contribution in [0.1, 0.15) is 31.2 Å². The zero-order valence-electron chi connectivity index (χ0n) is 12.2. The van der Waals surface area contributed by atoms with Crippen molar-refractivity contribution in [2.24, 2.45) is 5.73 Å². The largest absolute Gasteiger partial charge is 0.342 e. The number of nitrogens with zero attached hydrogens (tertiary/aromatic N) is 2. The fraction of sp³-hybridized carbons (Fsp3) is 0.533. The molecule has 6 heteroatoms. The molecule has 2 N–H and O–H groups in total. The van der Waals surface area contributed by atoms with Crippen LogP contribution in [0.5, 0.6) is 0 Å². The van der Waals surface area contributed by atoms with Crippen molar-refractivity contribution in [3.05, 3.63) is 39.9 Å². The fourth-order valence-electron chi connectivity index (χ4n) is 2.73. The average Bonchev–Trinajstić information content (AvgIpc) is 2.47. The molecule has 1 fully saturated rings. The van der Waals surface area contributed by atoms with Gasteiger partial charge in [0, 0.05) is 31.3 Å². The second-order valence-corrected chi connectivity index (χ2v) is 5.67. The van der Waals surface area contributed by atoms with Crippen LogP contribution in [0.4, 0.5) is 5.69 Å². The van der Waals surface area contributed by atoms with Crippen molar-refractivity contribution in [2.75, 3.05) is 7.05 Å². The molecule has 0 aromatic heterocycles. The number of carbonyl (C=O) groups is 1. The van der Waals surface area contributed by atoms with Crippen LogP contribution in [0.15, 0.2) is 24.3 Å². The average molecular weight is 291 g/mol. The van der Waals surface area contributed by atoms with Gasteiger partial charge >= 0.3 is 0 Å². The molecular formula is C15H21N3O3. The molecular weight excluding hydrogens is 270 g/mol. The second-order valence-electron chi connectivity index (χ2n) is 5.67. The molecule has 1 aliphatic rings. The first kappa shape index (κ1) is 15.4. The van der Waals surface area contributed by atoms with E-state index in [1.807, 2.05) is 7.05 Å². The van der Waals surface area contributed by atoms with Crippen LogP contribution in [-0.4, -0.2) is 34.9 Å². The number of rotatable bonds is 4. The predicted molar refractivity (Wildman–Crippen MR) is 79.8 cm³/mol. The Morgan fingerprint density at radius 3 is 2.38 bits per heavy atom. The number of nitro benzene ring substituents is 1. The van der Waals surface area contributed by atoms with Crippen LogP contribution >= 0.6 is 0 Å². The van der Waals surface area contributed by atoms with Crippen LogP contribution in [0.2, 0.25) is 0 Å². The molecule has 0 radical (unpaired) electrons. The van der Waals surface area contributed by atoms with Gasteiger partial charge in [-0.25, -0.2) is 0 Å². The summed E-state index contributed by atoms with van der Waals surface area (Å²) >= 11 is 0. The Balaban J connectivity index is 1.92. The van der Waals surface area contributed by atoms with E-state index in [4.69, 9.17) is 5.73 Å². The molecule has 1 aromatic rings. The Morgan fingerprint density at radius 2 is 1.86 bits per heavy atom. The highest BCUT2D eigenvalue weighted by Gasteiger charge is 2.24. The van der Waals surface area contributed by atoms with E-state index in [0.717, 1.165) is 31.2 Å². The summed E-state index contributed by atoms with van der Waals surface area (Å²) in [4.78, 5) is 24.2. The van der Waals surface area contributed by atoms with Gasteiger partial charge in [0.15, 0.2) is 0 Å². The summed E-state index contributed by atoms with van der Waals surface area (Å²) in [6.45, 7) is 0. The van der Waals surface area contributed by atoms with Crippen LogP contribution in [0.3, 0.4) is 0 Å². The van der Waals surface area contributed by atoms with Crippen molar-refractivity contribution in [3.63, 3.8) is 0 Å². The number of nitrogens with two attached hydrogens (primary N) is 1.